The molecular weight excluding hydrogens is 412 g/mol. The molecule has 2 amide bonds. The van der Waals surface area contributed by atoms with Crippen molar-refractivity contribution >= 4 is 11.8 Å². The van der Waals surface area contributed by atoms with Crippen molar-refractivity contribution < 1.29 is 9.59 Å². The number of pyridine rings is 2. The summed E-state index contributed by atoms with van der Waals surface area (Å²) in [6.07, 6.45) is 7.66. The summed E-state index contributed by atoms with van der Waals surface area (Å²) in [4.78, 5) is 36.7. The molecule has 0 radical (unpaired) electrons. The summed E-state index contributed by atoms with van der Waals surface area (Å²) >= 11 is 0. The van der Waals surface area contributed by atoms with Crippen LogP contribution in [0.2, 0.25) is 0 Å². The molecule has 1 atom stereocenters. The number of amides is 2. The van der Waals surface area contributed by atoms with Crippen LogP contribution in [0.4, 0.5) is 0 Å². The van der Waals surface area contributed by atoms with E-state index in [0.29, 0.717) is 26.1 Å². The van der Waals surface area contributed by atoms with Crippen LogP contribution in [0.5, 0.6) is 0 Å². The van der Waals surface area contributed by atoms with Gasteiger partial charge in [0.25, 0.3) is 0 Å². The first-order valence-electron chi connectivity index (χ1n) is 11.5. The van der Waals surface area contributed by atoms with Crippen LogP contribution < -0.4 is 5.32 Å². The number of hydrogen-bond acceptors (Lipinski definition) is 4. The summed E-state index contributed by atoms with van der Waals surface area (Å²) in [7, 11) is 0. The minimum atomic E-state index is -0.648. The van der Waals surface area contributed by atoms with Gasteiger partial charge < -0.3 is 10.2 Å². The van der Waals surface area contributed by atoms with Crippen LogP contribution in [0.3, 0.4) is 0 Å². The molecular formula is C27H30N4O2. The van der Waals surface area contributed by atoms with E-state index >= 15 is 0 Å². The molecule has 4 rings (SSSR count). The second-order valence-corrected chi connectivity index (χ2v) is 8.67. The average molecular weight is 443 g/mol. The zero-order chi connectivity index (χ0) is 23.1. The Morgan fingerprint density at radius 3 is 2.64 bits per heavy atom. The van der Waals surface area contributed by atoms with Crippen molar-refractivity contribution in [1.82, 2.24) is 20.2 Å². The van der Waals surface area contributed by atoms with Crippen LogP contribution in [-0.4, -0.2) is 46.3 Å². The quantitative estimate of drug-likeness (QED) is 0.606. The molecule has 6 nitrogen and oxygen atoms in total. The number of rotatable bonds is 7. The SMILES string of the molecule is CCNC(=O)[C@@]1(Cc2cccc(-c3ccncc3)c2)CCCN(C(=O)Cc2ccccn2)C1. The maximum atomic E-state index is 13.3. The smallest absolute Gasteiger partial charge is 0.228 e. The molecule has 0 bridgehead atoms. The first-order valence-corrected chi connectivity index (χ1v) is 11.5. The maximum Gasteiger partial charge on any atom is 0.228 e. The van der Waals surface area contributed by atoms with Crippen molar-refractivity contribution in [3.05, 3.63) is 84.4 Å². The molecule has 3 aromatic rings. The van der Waals surface area contributed by atoms with Crippen LogP contribution in [0.15, 0.2) is 73.2 Å². The summed E-state index contributed by atoms with van der Waals surface area (Å²) in [5, 5.41) is 3.03. The highest BCUT2D eigenvalue weighted by Gasteiger charge is 2.43. The molecule has 1 aliphatic heterocycles. The molecule has 1 aliphatic rings. The first-order chi connectivity index (χ1) is 16.1. The van der Waals surface area contributed by atoms with Gasteiger partial charge in [-0.25, -0.2) is 0 Å². The van der Waals surface area contributed by atoms with Gasteiger partial charge in [0.05, 0.1) is 11.8 Å². The van der Waals surface area contributed by atoms with E-state index in [1.54, 1.807) is 18.6 Å². The van der Waals surface area contributed by atoms with E-state index in [4.69, 9.17) is 0 Å². The van der Waals surface area contributed by atoms with Crippen molar-refractivity contribution in [3.63, 3.8) is 0 Å². The molecule has 33 heavy (non-hydrogen) atoms. The third kappa shape index (κ3) is 5.45. The Labute approximate surface area is 195 Å². The van der Waals surface area contributed by atoms with Crippen LogP contribution in [0.25, 0.3) is 11.1 Å². The van der Waals surface area contributed by atoms with E-state index in [9.17, 15) is 9.59 Å². The second-order valence-electron chi connectivity index (χ2n) is 8.67. The number of piperidine rings is 1. The summed E-state index contributed by atoms with van der Waals surface area (Å²) in [6, 6.07) is 17.9. The Hall–Kier alpha value is -3.54. The average Bonchev–Trinajstić information content (AvgIpc) is 2.85. The Kier molecular flexibility index (Phi) is 7.13. The van der Waals surface area contributed by atoms with Crippen LogP contribution in [-0.2, 0) is 22.4 Å². The molecule has 1 N–H and O–H groups in total. The molecule has 6 heteroatoms. The highest BCUT2D eigenvalue weighted by molar-refractivity contribution is 5.85. The Bertz CT molecular complexity index is 1090. The molecule has 1 aromatic carbocycles. The standard InChI is InChI=1S/C27H30N4O2/c1-2-29-26(33)27(19-21-7-5-8-23(17-21)22-10-14-28-15-11-22)12-6-16-31(20-27)25(32)18-24-9-3-4-13-30-24/h3-5,7-11,13-15,17H,2,6,12,16,18-20H2,1H3,(H,29,33)/t27-/m1/s1. The highest BCUT2D eigenvalue weighted by atomic mass is 16.2. The number of likely N-dealkylation sites (tertiary alicyclic amines) is 1. The van der Waals surface area contributed by atoms with Crippen molar-refractivity contribution in [2.45, 2.75) is 32.6 Å². The Morgan fingerprint density at radius 1 is 1.03 bits per heavy atom. The molecule has 0 aliphatic carbocycles. The Morgan fingerprint density at radius 2 is 1.88 bits per heavy atom. The maximum absolute atomic E-state index is 13.3. The van der Waals surface area contributed by atoms with E-state index in [-0.39, 0.29) is 18.2 Å². The van der Waals surface area contributed by atoms with Gasteiger partial charge in [0.1, 0.15) is 0 Å². The molecule has 1 saturated heterocycles. The summed E-state index contributed by atoms with van der Waals surface area (Å²) < 4.78 is 0. The third-order valence-corrected chi connectivity index (χ3v) is 6.29. The molecule has 0 saturated carbocycles. The topological polar surface area (TPSA) is 75.2 Å². The van der Waals surface area contributed by atoms with E-state index in [2.05, 4.69) is 33.5 Å². The Balaban J connectivity index is 1.57. The number of aromatic nitrogens is 2. The van der Waals surface area contributed by atoms with Gasteiger partial charge in [0.15, 0.2) is 0 Å². The van der Waals surface area contributed by atoms with Crippen LogP contribution in [0.1, 0.15) is 31.0 Å². The third-order valence-electron chi connectivity index (χ3n) is 6.29. The number of nitrogens with one attached hydrogen (secondary N) is 1. The van der Waals surface area contributed by atoms with Crippen molar-refractivity contribution in [1.29, 1.82) is 0 Å². The van der Waals surface area contributed by atoms with Gasteiger partial charge in [-0.2, -0.15) is 0 Å². The largest absolute Gasteiger partial charge is 0.356 e. The molecule has 0 spiro atoms. The number of carbonyl (C=O) groups excluding carboxylic acids is 2. The number of hydrogen-bond donors (Lipinski definition) is 1. The number of nitrogens with zero attached hydrogens (tertiary/aromatic N) is 3. The summed E-state index contributed by atoms with van der Waals surface area (Å²) in [5.74, 6) is 0.0438. The molecule has 1 fully saturated rings. The zero-order valence-electron chi connectivity index (χ0n) is 19.0. The van der Waals surface area contributed by atoms with Gasteiger partial charge in [-0.3, -0.25) is 19.6 Å². The van der Waals surface area contributed by atoms with E-state index in [1.165, 1.54) is 0 Å². The van der Waals surface area contributed by atoms with Crippen LogP contribution in [0, 0.1) is 5.41 Å². The minimum Gasteiger partial charge on any atom is -0.356 e. The number of carbonyl (C=O) groups is 2. The minimum absolute atomic E-state index is 0.0209. The van der Waals surface area contributed by atoms with Gasteiger partial charge in [0.2, 0.25) is 11.8 Å². The second kappa shape index (κ2) is 10.4. The van der Waals surface area contributed by atoms with E-state index < -0.39 is 5.41 Å². The summed E-state index contributed by atoms with van der Waals surface area (Å²) in [5.41, 5.74) is 3.39. The van der Waals surface area contributed by atoms with Gasteiger partial charge in [-0.1, -0.05) is 30.3 Å². The lowest BCUT2D eigenvalue weighted by molar-refractivity contribution is -0.141. The number of benzene rings is 1. The molecule has 2 aromatic heterocycles. The van der Waals surface area contributed by atoms with Crippen molar-refractivity contribution in [3.8, 4) is 11.1 Å². The van der Waals surface area contributed by atoms with Crippen molar-refractivity contribution in [2.24, 2.45) is 5.41 Å². The van der Waals surface area contributed by atoms with E-state index in [0.717, 1.165) is 35.2 Å². The van der Waals surface area contributed by atoms with Gasteiger partial charge in [-0.15, -0.1) is 0 Å². The molecule has 3 heterocycles. The zero-order valence-corrected chi connectivity index (χ0v) is 19.0. The normalized spacial score (nSPS) is 18.0. The van der Waals surface area contributed by atoms with Crippen LogP contribution >= 0.6 is 0 Å². The molecule has 0 unspecified atom stereocenters. The first kappa shape index (κ1) is 22.6. The summed E-state index contributed by atoms with van der Waals surface area (Å²) in [6.45, 7) is 3.59. The van der Waals surface area contributed by atoms with Crippen molar-refractivity contribution in [2.75, 3.05) is 19.6 Å². The van der Waals surface area contributed by atoms with Gasteiger partial charge in [0, 0.05) is 43.9 Å². The monoisotopic (exact) mass is 442 g/mol. The lowest BCUT2D eigenvalue weighted by Gasteiger charge is -2.42. The highest BCUT2D eigenvalue weighted by Crippen LogP contribution is 2.35. The van der Waals surface area contributed by atoms with Gasteiger partial charge in [-0.05, 0) is 67.1 Å². The predicted molar refractivity (Wildman–Crippen MR) is 128 cm³/mol. The lowest BCUT2D eigenvalue weighted by atomic mass is 9.74. The fourth-order valence-corrected chi connectivity index (χ4v) is 4.67. The van der Waals surface area contributed by atoms with E-state index in [1.807, 2.05) is 48.2 Å². The predicted octanol–water partition coefficient (Wildman–Crippen LogP) is 3.67. The lowest BCUT2D eigenvalue weighted by Crippen LogP contribution is -2.54. The van der Waals surface area contributed by atoms with Gasteiger partial charge >= 0.3 is 0 Å². The fraction of sp³-hybridized carbons (Fsp3) is 0.333. The fourth-order valence-electron chi connectivity index (χ4n) is 4.67. The molecule has 170 valence electrons.